The van der Waals surface area contributed by atoms with Crippen molar-refractivity contribution in [1.82, 2.24) is 30.4 Å². The molecule has 0 unspecified atom stereocenters. The van der Waals surface area contributed by atoms with E-state index in [9.17, 15) is 4.79 Å². The van der Waals surface area contributed by atoms with Gasteiger partial charge in [0, 0.05) is 32.4 Å². The molecule has 0 radical (unpaired) electrons. The number of aryl methyl sites for hydroxylation is 1. The molecule has 2 rings (SSSR count). The molecular formula is C12H22N6O2S. The molecule has 0 saturated carbocycles. The van der Waals surface area contributed by atoms with E-state index in [1.165, 1.54) is 11.8 Å². The Hall–Kier alpha value is -1.19. The summed E-state index contributed by atoms with van der Waals surface area (Å²) >= 11 is 1.52. The Morgan fingerprint density at radius 2 is 2.14 bits per heavy atom. The minimum Gasteiger partial charge on any atom is -0.373 e. The summed E-state index contributed by atoms with van der Waals surface area (Å²) in [4.78, 5) is 14.0. The number of morpholine rings is 1. The third kappa shape index (κ3) is 5.25. The topological polar surface area (TPSA) is 85.2 Å². The van der Waals surface area contributed by atoms with Crippen LogP contribution in [0.1, 0.15) is 13.8 Å². The molecule has 1 N–H and O–H groups in total. The summed E-state index contributed by atoms with van der Waals surface area (Å²) in [7, 11) is 1.79. The summed E-state index contributed by atoms with van der Waals surface area (Å²) in [6, 6.07) is 0. The molecule has 1 aliphatic heterocycles. The maximum absolute atomic E-state index is 11.9. The fraction of sp³-hybridized carbons (Fsp3) is 0.833. The number of aromatic nitrogens is 4. The number of hydrogen-bond acceptors (Lipinski definition) is 7. The number of hydrogen-bond donors (Lipinski definition) is 1. The van der Waals surface area contributed by atoms with E-state index in [1.807, 2.05) is 13.8 Å². The van der Waals surface area contributed by atoms with Gasteiger partial charge in [0.2, 0.25) is 11.1 Å². The second-order valence-electron chi connectivity index (χ2n) is 5.23. The second kappa shape index (κ2) is 7.71. The first-order chi connectivity index (χ1) is 10.0. The van der Waals surface area contributed by atoms with E-state index in [1.54, 1.807) is 11.7 Å². The zero-order valence-corrected chi connectivity index (χ0v) is 13.5. The van der Waals surface area contributed by atoms with Gasteiger partial charge in [0.05, 0.1) is 18.8 Å². The predicted octanol–water partition coefficient (Wildman–Crippen LogP) is -0.472. The first-order valence-electron chi connectivity index (χ1n) is 7.04. The third-order valence-electron chi connectivity index (χ3n) is 3.10. The van der Waals surface area contributed by atoms with Gasteiger partial charge in [0.25, 0.3) is 0 Å². The molecule has 1 aromatic heterocycles. The Balaban J connectivity index is 1.62. The number of tetrazole rings is 1. The van der Waals surface area contributed by atoms with E-state index >= 15 is 0 Å². The lowest BCUT2D eigenvalue weighted by Gasteiger charge is -2.34. The summed E-state index contributed by atoms with van der Waals surface area (Å²) in [6.07, 6.45) is 0.362. The van der Waals surface area contributed by atoms with Crippen molar-refractivity contribution in [3.63, 3.8) is 0 Å². The van der Waals surface area contributed by atoms with Crippen molar-refractivity contribution in [2.75, 3.05) is 31.9 Å². The fourth-order valence-electron chi connectivity index (χ4n) is 2.35. The molecule has 0 aromatic carbocycles. The summed E-state index contributed by atoms with van der Waals surface area (Å²) in [5.41, 5.74) is 0. The van der Waals surface area contributed by atoms with Gasteiger partial charge in [-0.2, -0.15) is 0 Å². The highest BCUT2D eigenvalue weighted by Gasteiger charge is 2.23. The van der Waals surface area contributed by atoms with E-state index < -0.39 is 0 Å². The van der Waals surface area contributed by atoms with Crippen LogP contribution < -0.4 is 5.32 Å². The van der Waals surface area contributed by atoms with Crippen LogP contribution in [-0.2, 0) is 16.6 Å². The summed E-state index contributed by atoms with van der Waals surface area (Å²) in [5, 5.41) is 14.9. The molecule has 1 aromatic rings. The van der Waals surface area contributed by atoms with Gasteiger partial charge < -0.3 is 10.1 Å². The van der Waals surface area contributed by atoms with Crippen molar-refractivity contribution in [2.45, 2.75) is 31.2 Å². The van der Waals surface area contributed by atoms with Gasteiger partial charge in [0.1, 0.15) is 0 Å². The van der Waals surface area contributed by atoms with E-state index in [0.29, 0.717) is 13.1 Å². The third-order valence-corrected chi connectivity index (χ3v) is 4.11. The van der Waals surface area contributed by atoms with Crippen LogP contribution in [-0.4, -0.2) is 75.2 Å². The van der Waals surface area contributed by atoms with Gasteiger partial charge in [-0.3, -0.25) is 9.69 Å². The number of nitrogens with zero attached hydrogens (tertiary/aromatic N) is 5. The molecule has 0 aliphatic carbocycles. The number of ether oxygens (including phenoxy) is 1. The number of carbonyl (C=O) groups is 1. The van der Waals surface area contributed by atoms with Crippen LogP contribution in [0.5, 0.6) is 0 Å². The Morgan fingerprint density at radius 3 is 2.76 bits per heavy atom. The summed E-state index contributed by atoms with van der Waals surface area (Å²) in [6.45, 7) is 6.70. The van der Waals surface area contributed by atoms with Crippen LogP contribution in [0.3, 0.4) is 0 Å². The van der Waals surface area contributed by atoms with Gasteiger partial charge in [-0.25, -0.2) is 4.68 Å². The predicted molar refractivity (Wildman–Crippen MR) is 79.0 cm³/mol. The van der Waals surface area contributed by atoms with Gasteiger partial charge in [0.15, 0.2) is 0 Å². The lowest BCUT2D eigenvalue weighted by atomic mass is 10.2. The molecule has 1 saturated heterocycles. The molecule has 0 spiro atoms. The molecule has 0 bridgehead atoms. The van der Waals surface area contributed by atoms with Crippen LogP contribution in [0.25, 0.3) is 0 Å². The SMILES string of the molecule is C[C@@H]1CN(CC(=O)NCCSc2nnnn2C)C[C@H](C)O1. The highest BCUT2D eigenvalue weighted by Crippen LogP contribution is 2.11. The maximum atomic E-state index is 11.9. The fourth-order valence-corrected chi connectivity index (χ4v) is 3.05. The quantitative estimate of drug-likeness (QED) is 0.561. The zero-order valence-electron chi connectivity index (χ0n) is 12.7. The largest absolute Gasteiger partial charge is 0.373 e. The van der Waals surface area contributed by atoms with Gasteiger partial charge >= 0.3 is 0 Å². The van der Waals surface area contributed by atoms with Crippen molar-refractivity contribution in [3.05, 3.63) is 0 Å². The minimum absolute atomic E-state index is 0.0491. The summed E-state index contributed by atoms with van der Waals surface area (Å²) < 4.78 is 7.27. The normalized spacial score (nSPS) is 23.2. The van der Waals surface area contributed by atoms with Gasteiger partial charge in [-0.1, -0.05) is 11.8 Å². The van der Waals surface area contributed by atoms with E-state index in [2.05, 4.69) is 25.7 Å². The smallest absolute Gasteiger partial charge is 0.234 e. The monoisotopic (exact) mass is 314 g/mol. The average Bonchev–Trinajstić information content (AvgIpc) is 2.79. The van der Waals surface area contributed by atoms with Crippen LogP contribution >= 0.6 is 11.8 Å². The molecular weight excluding hydrogens is 292 g/mol. The summed E-state index contributed by atoms with van der Waals surface area (Å²) in [5.74, 6) is 0.795. The Bertz CT molecular complexity index is 458. The van der Waals surface area contributed by atoms with Crippen molar-refractivity contribution in [3.8, 4) is 0 Å². The maximum Gasteiger partial charge on any atom is 0.234 e. The molecule has 1 fully saturated rings. The van der Waals surface area contributed by atoms with Crippen molar-refractivity contribution < 1.29 is 9.53 Å². The Labute approximate surface area is 128 Å². The molecule has 1 aliphatic rings. The van der Waals surface area contributed by atoms with Crippen LogP contribution in [0, 0.1) is 0 Å². The zero-order chi connectivity index (χ0) is 15.2. The molecule has 2 atom stereocenters. The first-order valence-corrected chi connectivity index (χ1v) is 8.03. The molecule has 1 amide bonds. The van der Waals surface area contributed by atoms with Crippen LogP contribution in [0.4, 0.5) is 0 Å². The lowest BCUT2D eigenvalue weighted by Crippen LogP contribution is -2.49. The van der Waals surface area contributed by atoms with Crippen molar-refractivity contribution >= 4 is 17.7 Å². The van der Waals surface area contributed by atoms with Gasteiger partial charge in [-0.05, 0) is 24.3 Å². The molecule has 9 heteroatoms. The van der Waals surface area contributed by atoms with Crippen LogP contribution in [0.2, 0.25) is 0 Å². The van der Waals surface area contributed by atoms with E-state index in [0.717, 1.165) is 24.0 Å². The minimum atomic E-state index is 0.0491. The number of rotatable bonds is 6. The molecule has 21 heavy (non-hydrogen) atoms. The average molecular weight is 314 g/mol. The Kier molecular flexibility index (Phi) is 5.95. The Morgan fingerprint density at radius 1 is 1.43 bits per heavy atom. The number of carbonyl (C=O) groups excluding carboxylic acids is 1. The van der Waals surface area contributed by atoms with E-state index in [-0.39, 0.29) is 18.1 Å². The highest BCUT2D eigenvalue weighted by molar-refractivity contribution is 7.99. The molecule has 118 valence electrons. The van der Waals surface area contributed by atoms with Crippen LogP contribution in [0.15, 0.2) is 5.16 Å². The van der Waals surface area contributed by atoms with E-state index in [4.69, 9.17) is 4.74 Å². The lowest BCUT2D eigenvalue weighted by molar-refractivity contribution is -0.125. The first kappa shape index (κ1) is 16.2. The number of nitrogens with one attached hydrogen (secondary N) is 1. The number of amides is 1. The standard InChI is InChI=1S/C12H22N6O2S/c1-9-6-18(7-10(2)20-9)8-11(19)13-4-5-21-12-14-15-16-17(12)3/h9-10H,4-8H2,1-3H3,(H,13,19)/t9-,10+. The van der Waals surface area contributed by atoms with Crippen molar-refractivity contribution in [2.24, 2.45) is 7.05 Å². The van der Waals surface area contributed by atoms with Gasteiger partial charge in [-0.15, -0.1) is 5.10 Å². The second-order valence-corrected chi connectivity index (χ2v) is 6.30. The van der Waals surface area contributed by atoms with Crippen molar-refractivity contribution in [1.29, 1.82) is 0 Å². The number of thioether (sulfide) groups is 1. The molecule has 2 heterocycles. The molecule has 8 nitrogen and oxygen atoms in total. The highest BCUT2D eigenvalue weighted by atomic mass is 32.2.